The summed E-state index contributed by atoms with van der Waals surface area (Å²) in [5.41, 5.74) is 1.68. The van der Waals surface area contributed by atoms with E-state index in [-0.39, 0.29) is 23.3 Å². The van der Waals surface area contributed by atoms with Gasteiger partial charge in [-0.15, -0.1) is 0 Å². The van der Waals surface area contributed by atoms with Crippen molar-refractivity contribution < 1.29 is 23.1 Å². The average Bonchev–Trinajstić information content (AvgIpc) is 3.01. The van der Waals surface area contributed by atoms with Gasteiger partial charge in [0.1, 0.15) is 12.1 Å². The fourth-order valence-corrected chi connectivity index (χ4v) is 8.65. The zero-order valence-corrected chi connectivity index (χ0v) is 20.0. The van der Waals surface area contributed by atoms with Crippen LogP contribution >= 0.6 is 7.60 Å². The lowest BCUT2D eigenvalue weighted by atomic mass is 9.48. The molecule has 0 heterocycles. The molecular formula is C24H39O5P. The summed E-state index contributed by atoms with van der Waals surface area (Å²) in [7, 11) is -3.16. The quantitative estimate of drug-likeness (QED) is 0.354. The molecule has 4 aliphatic rings. The van der Waals surface area contributed by atoms with Crippen LogP contribution in [0.4, 0.5) is 0 Å². The minimum Gasteiger partial charge on any atom is -0.365 e. The molecule has 0 N–H and O–H groups in total. The van der Waals surface area contributed by atoms with Gasteiger partial charge in [-0.25, -0.2) is 0 Å². The Balaban J connectivity index is 1.44. The minimum atomic E-state index is -3.16. The Kier molecular flexibility index (Phi) is 6.40. The van der Waals surface area contributed by atoms with E-state index in [0.29, 0.717) is 36.8 Å². The molecule has 0 amide bonds. The molecule has 3 saturated carbocycles. The molecular weight excluding hydrogens is 399 g/mol. The number of carbonyl (C=O) groups is 1. The third-order valence-corrected chi connectivity index (χ3v) is 10.7. The predicted molar refractivity (Wildman–Crippen MR) is 117 cm³/mol. The molecule has 30 heavy (non-hydrogen) atoms. The fourth-order valence-electron chi connectivity index (χ4n) is 7.24. The van der Waals surface area contributed by atoms with Gasteiger partial charge in [-0.2, -0.15) is 0 Å². The van der Waals surface area contributed by atoms with Crippen LogP contribution in [0.1, 0.15) is 79.1 Å². The molecule has 0 bridgehead atoms. The first-order valence-corrected chi connectivity index (χ1v) is 13.7. The van der Waals surface area contributed by atoms with Crippen molar-refractivity contribution in [2.75, 3.05) is 19.6 Å². The normalized spacial score (nSPS) is 41.1. The lowest BCUT2D eigenvalue weighted by Gasteiger charge is -2.57. The Bertz CT molecular complexity index is 738. The first-order chi connectivity index (χ1) is 14.3. The largest absolute Gasteiger partial charge is 0.365 e. The molecule has 0 aromatic carbocycles. The Labute approximate surface area is 181 Å². The second kappa shape index (κ2) is 8.46. The minimum absolute atomic E-state index is 0.0396. The fraction of sp³-hybridized carbons (Fsp3) is 0.875. The van der Waals surface area contributed by atoms with Crippen LogP contribution in [-0.2, 0) is 23.1 Å². The maximum absolute atomic E-state index is 12.7. The molecule has 6 heteroatoms. The standard InChI is InChI=1S/C24H39O5P/c1-5-28-30(26,29-6-2)16-27-18-11-13-23(3)17(15-18)7-8-19-20-9-10-22(25)24(20,4)14-12-21(19)23/h7,18-21H,5-6,8-16H2,1-4H3/t18-,19?,20?,21?,23-,24-/m0/s1. The highest BCUT2D eigenvalue weighted by molar-refractivity contribution is 7.53. The summed E-state index contributed by atoms with van der Waals surface area (Å²) in [6.07, 6.45) is 10.8. The number of ether oxygens (including phenoxy) is 1. The second-order valence-electron chi connectivity index (χ2n) is 10.3. The van der Waals surface area contributed by atoms with Gasteiger partial charge in [-0.05, 0) is 82.0 Å². The Morgan fingerprint density at radius 2 is 1.70 bits per heavy atom. The number of allylic oxidation sites excluding steroid dienone is 1. The zero-order valence-electron chi connectivity index (χ0n) is 19.2. The summed E-state index contributed by atoms with van der Waals surface area (Å²) in [6, 6.07) is 0. The van der Waals surface area contributed by atoms with Gasteiger partial charge in [0.25, 0.3) is 0 Å². The van der Waals surface area contributed by atoms with Crippen molar-refractivity contribution in [3.05, 3.63) is 11.6 Å². The van der Waals surface area contributed by atoms with Crippen LogP contribution in [0.15, 0.2) is 11.6 Å². The summed E-state index contributed by atoms with van der Waals surface area (Å²) in [4.78, 5) is 12.6. The third-order valence-electron chi connectivity index (χ3n) is 8.89. The van der Waals surface area contributed by atoms with E-state index in [0.717, 1.165) is 44.9 Å². The van der Waals surface area contributed by atoms with Gasteiger partial charge >= 0.3 is 7.60 Å². The van der Waals surface area contributed by atoms with Gasteiger partial charge in [0.05, 0.1) is 19.3 Å². The zero-order chi connectivity index (χ0) is 21.6. The predicted octanol–water partition coefficient (Wildman–Crippen LogP) is 6.13. The highest BCUT2D eigenvalue weighted by Gasteiger charge is 2.58. The molecule has 4 aliphatic carbocycles. The Morgan fingerprint density at radius 3 is 2.40 bits per heavy atom. The maximum Gasteiger partial charge on any atom is 0.356 e. The molecule has 0 aliphatic heterocycles. The maximum atomic E-state index is 12.7. The summed E-state index contributed by atoms with van der Waals surface area (Å²) in [6.45, 7) is 9.07. The van der Waals surface area contributed by atoms with E-state index in [1.54, 1.807) is 0 Å². The number of fused-ring (bicyclic) bond motifs is 5. The molecule has 170 valence electrons. The summed E-state index contributed by atoms with van der Waals surface area (Å²) in [5, 5.41) is 0. The second-order valence-corrected chi connectivity index (χ2v) is 12.3. The van der Waals surface area contributed by atoms with E-state index < -0.39 is 7.60 Å². The van der Waals surface area contributed by atoms with Crippen LogP contribution in [0.25, 0.3) is 0 Å². The molecule has 0 radical (unpaired) electrons. The van der Waals surface area contributed by atoms with Crippen molar-refractivity contribution >= 4 is 13.4 Å². The highest BCUT2D eigenvalue weighted by Crippen LogP contribution is 2.64. The molecule has 3 unspecified atom stereocenters. The molecule has 0 aromatic heterocycles. The molecule has 6 atom stereocenters. The lowest BCUT2D eigenvalue weighted by Crippen LogP contribution is -2.50. The van der Waals surface area contributed by atoms with Crippen molar-refractivity contribution in [2.24, 2.45) is 28.6 Å². The lowest BCUT2D eigenvalue weighted by molar-refractivity contribution is -0.132. The molecule has 4 rings (SSSR count). The van der Waals surface area contributed by atoms with E-state index in [1.807, 2.05) is 13.8 Å². The molecule has 3 fully saturated rings. The highest BCUT2D eigenvalue weighted by atomic mass is 31.2. The number of hydrogen-bond donors (Lipinski definition) is 0. The van der Waals surface area contributed by atoms with Crippen molar-refractivity contribution in [3.8, 4) is 0 Å². The van der Waals surface area contributed by atoms with E-state index in [1.165, 1.54) is 12.0 Å². The SMILES string of the molecule is CCOP(=O)(CO[C@H]1CC[C@@]2(C)C(=CCC3C2CC[C@]2(C)C(=O)CCC32)C1)OCC. The number of carbonyl (C=O) groups excluding carboxylic acids is 1. The number of ketones is 1. The average molecular weight is 439 g/mol. The van der Waals surface area contributed by atoms with Gasteiger partial charge < -0.3 is 13.8 Å². The van der Waals surface area contributed by atoms with Gasteiger partial charge in [0, 0.05) is 11.8 Å². The molecule has 0 spiro atoms. The van der Waals surface area contributed by atoms with Crippen molar-refractivity contribution in [2.45, 2.75) is 85.2 Å². The van der Waals surface area contributed by atoms with Gasteiger partial charge in [0.15, 0.2) is 0 Å². The van der Waals surface area contributed by atoms with E-state index in [9.17, 15) is 9.36 Å². The van der Waals surface area contributed by atoms with Crippen LogP contribution in [0.2, 0.25) is 0 Å². The van der Waals surface area contributed by atoms with E-state index >= 15 is 0 Å². The third kappa shape index (κ3) is 3.78. The summed E-state index contributed by atoms with van der Waals surface area (Å²) < 4.78 is 29.6. The van der Waals surface area contributed by atoms with Crippen LogP contribution in [0.5, 0.6) is 0 Å². The number of rotatable bonds is 7. The Morgan fingerprint density at radius 1 is 1.03 bits per heavy atom. The monoisotopic (exact) mass is 438 g/mol. The van der Waals surface area contributed by atoms with Gasteiger partial charge in [-0.3, -0.25) is 9.36 Å². The first-order valence-electron chi connectivity index (χ1n) is 12.0. The first kappa shape index (κ1) is 22.7. The van der Waals surface area contributed by atoms with Crippen molar-refractivity contribution in [3.63, 3.8) is 0 Å². The van der Waals surface area contributed by atoms with Crippen molar-refractivity contribution in [1.29, 1.82) is 0 Å². The van der Waals surface area contributed by atoms with Gasteiger partial charge in [0.2, 0.25) is 0 Å². The molecule has 5 nitrogen and oxygen atoms in total. The van der Waals surface area contributed by atoms with Crippen LogP contribution in [0.3, 0.4) is 0 Å². The number of hydrogen-bond acceptors (Lipinski definition) is 5. The number of Topliss-reactive ketones (excluding diaryl/α,β-unsaturated/α-hetero) is 1. The van der Waals surface area contributed by atoms with Crippen molar-refractivity contribution in [1.82, 2.24) is 0 Å². The summed E-state index contributed by atoms with van der Waals surface area (Å²) in [5.74, 6) is 2.41. The van der Waals surface area contributed by atoms with Crippen LogP contribution in [-0.4, -0.2) is 31.4 Å². The Hall–Kier alpha value is -0.480. The topological polar surface area (TPSA) is 61.8 Å². The van der Waals surface area contributed by atoms with E-state index in [2.05, 4.69) is 19.9 Å². The van der Waals surface area contributed by atoms with Gasteiger partial charge in [-0.1, -0.05) is 25.5 Å². The van der Waals surface area contributed by atoms with Crippen LogP contribution in [0, 0.1) is 28.6 Å². The smallest absolute Gasteiger partial charge is 0.356 e. The summed E-state index contributed by atoms with van der Waals surface area (Å²) >= 11 is 0. The molecule has 0 saturated heterocycles. The van der Waals surface area contributed by atoms with E-state index in [4.69, 9.17) is 13.8 Å². The van der Waals surface area contributed by atoms with Crippen LogP contribution < -0.4 is 0 Å². The molecule has 0 aromatic rings.